The topological polar surface area (TPSA) is 64.3 Å². The molecule has 4 bridgehead atoms. The standard InChI is InChI=1S/C32H43N5O/c38-31-29-4-3-25(13-26(29)19-37(31)28-2-1-7-33-18-28)24-5-8-36(9-6-24)20-27-14-30(35-34-27)32-15-21-10-22(16-32)12-23(11-21)17-32/h3-4,13-14,21-24,28,33H,1-2,5-12,15-20H2,(H,34,35). The zero-order valence-electron chi connectivity index (χ0n) is 22.8. The van der Waals surface area contributed by atoms with Gasteiger partial charge in [0.1, 0.15) is 0 Å². The summed E-state index contributed by atoms with van der Waals surface area (Å²) in [4.78, 5) is 17.8. The highest BCUT2D eigenvalue weighted by atomic mass is 16.2. The first kappa shape index (κ1) is 23.7. The highest BCUT2D eigenvalue weighted by Crippen LogP contribution is 2.60. The van der Waals surface area contributed by atoms with Gasteiger partial charge in [0.25, 0.3) is 5.91 Å². The Kier molecular flexibility index (Phi) is 5.73. The molecule has 1 amide bonds. The molecule has 1 unspecified atom stereocenters. The minimum atomic E-state index is 0.238. The van der Waals surface area contributed by atoms with Crippen molar-refractivity contribution in [3.8, 4) is 0 Å². The summed E-state index contributed by atoms with van der Waals surface area (Å²) in [7, 11) is 0. The molecule has 1 aromatic carbocycles. The van der Waals surface area contributed by atoms with Gasteiger partial charge in [-0.25, -0.2) is 0 Å². The lowest BCUT2D eigenvalue weighted by Gasteiger charge is -2.56. The third-order valence-corrected chi connectivity index (χ3v) is 11.3. The van der Waals surface area contributed by atoms with Gasteiger partial charge in [-0.05, 0) is 131 Å². The van der Waals surface area contributed by atoms with E-state index in [1.807, 2.05) is 0 Å². The molecule has 6 heteroatoms. The molecule has 1 atom stereocenters. The lowest BCUT2D eigenvalue weighted by atomic mass is 9.49. The second kappa shape index (κ2) is 9.19. The van der Waals surface area contributed by atoms with Crippen LogP contribution in [0.25, 0.3) is 0 Å². The van der Waals surface area contributed by atoms with Crippen molar-refractivity contribution in [2.75, 3.05) is 26.2 Å². The van der Waals surface area contributed by atoms with Gasteiger partial charge in [-0.15, -0.1) is 0 Å². The van der Waals surface area contributed by atoms with Crippen molar-refractivity contribution in [1.29, 1.82) is 0 Å². The van der Waals surface area contributed by atoms with Crippen LogP contribution < -0.4 is 5.32 Å². The van der Waals surface area contributed by atoms with Crippen LogP contribution in [0.2, 0.25) is 0 Å². The summed E-state index contributed by atoms with van der Waals surface area (Å²) in [5, 5.41) is 11.8. The van der Waals surface area contributed by atoms with Gasteiger partial charge in [-0.1, -0.05) is 12.1 Å². The number of H-pyrrole nitrogens is 1. The van der Waals surface area contributed by atoms with E-state index in [2.05, 4.69) is 44.5 Å². The summed E-state index contributed by atoms with van der Waals surface area (Å²) in [5.74, 6) is 3.73. The molecule has 3 aliphatic heterocycles. The van der Waals surface area contributed by atoms with Gasteiger partial charge in [0.05, 0.1) is 5.69 Å². The summed E-state index contributed by atoms with van der Waals surface area (Å²) in [6, 6.07) is 9.50. The van der Waals surface area contributed by atoms with E-state index in [4.69, 9.17) is 5.10 Å². The van der Waals surface area contributed by atoms with E-state index >= 15 is 0 Å². The highest BCUT2D eigenvalue weighted by molar-refractivity contribution is 5.98. The van der Waals surface area contributed by atoms with Gasteiger partial charge < -0.3 is 10.2 Å². The van der Waals surface area contributed by atoms with Gasteiger partial charge in [-0.2, -0.15) is 5.10 Å². The fourth-order valence-electron chi connectivity index (χ4n) is 9.82. The molecule has 2 N–H and O–H groups in total. The number of rotatable bonds is 5. The van der Waals surface area contributed by atoms with Gasteiger partial charge in [0.15, 0.2) is 0 Å². The van der Waals surface area contributed by atoms with Crippen molar-refractivity contribution in [2.45, 2.75) is 94.7 Å². The normalized spacial score (nSPS) is 35.3. The van der Waals surface area contributed by atoms with E-state index in [9.17, 15) is 4.79 Å². The number of aromatic amines is 1. The Morgan fingerprint density at radius 1 is 0.974 bits per heavy atom. The fourth-order valence-corrected chi connectivity index (χ4v) is 9.82. The first-order valence-corrected chi connectivity index (χ1v) is 15.5. The molecule has 202 valence electrons. The Morgan fingerprint density at radius 2 is 1.74 bits per heavy atom. The van der Waals surface area contributed by atoms with Crippen LogP contribution in [-0.2, 0) is 18.5 Å². The predicted molar refractivity (Wildman–Crippen MR) is 148 cm³/mol. The van der Waals surface area contributed by atoms with E-state index in [0.29, 0.717) is 17.4 Å². The number of nitrogens with one attached hydrogen (secondary N) is 2. The number of fused-ring (bicyclic) bond motifs is 1. The number of carbonyl (C=O) groups is 1. The minimum absolute atomic E-state index is 0.238. The largest absolute Gasteiger partial charge is 0.330 e. The molecule has 9 rings (SSSR count). The molecule has 0 radical (unpaired) electrons. The molecule has 2 saturated heterocycles. The lowest BCUT2D eigenvalue weighted by molar-refractivity contribution is -0.00722. The van der Waals surface area contributed by atoms with Crippen LogP contribution in [0.15, 0.2) is 24.3 Å². The molecule has 4 saturated carbocycles. The summed E-state index contributed by atoms with van der Waals surface area (Å²) in [6.07, 6.45) is 13.3. The number of benzene rings is 1. The summed E-state index contributed by atoms with van der Waals surface area (Å²) >= 11 is 0. The number of hydrogen-bond donors (Lipinski definition) is 2. The maximum atomic E-state index is 13.1. The SMILES string of the molecule is O=C1c2ccc(C3CCN(Cc4cc(C56CC7CC(CC(C7)C5)C6)n[nH]4)CC3)cc2CN1C1CCCNC1. The predicted octanol–water partition coefficient (Wildman–Crippen LogP) is 4.96. The molecule has 6 fully saturated rings. The summed E-state index contributed by atoms with van der Waals surface area (Å²) in [6.45, 7) is 6.07. The highest BCUT2D eigenvalue weighted by Gasteiger charge is 2.52. The lowest BCUT2D eigenvalue weighted by Crippen LogP contribution is -2.48. The molecule has 7 aliphatic rings. The Balaban J connectivity index is 0.892. The average Bonchev–Trinajstić information content (AvgIpc) is 3.54. The van der Waals surface area contributed by atoms with Crippen LogP contribution >= 0.6 is 0 Å². The van der Waals surface area contributed by atoms with Crippen LogP contribution in [0.3, 0.4) is 0 Å². The zero-order chi connectivity index (χ0) is 25.3. The monoisotopic (exact) mass is 513 g/mol. The van der Waals surface area contributed by atoms with Gasteiger partial charge in [-0.3, -0.25) is 14.8 Å². The van der Waals surface area contributed by atoms with Gasteiger partial charge >= 0.3 is 0 Å². The third kappa shape index (κ3) is 4.05. The number of nitrogens with zero attached hydrogens (tertiary/aromatic N) is 3. The van der Waals surface area contributed by atoms with Crippen molar-refractivity contribution >= 4 is 5.91 Å². The molecule has 4 aliphatic carbocycles. The van der Waals surface area contributed by atoms with E-state index in [0.717, 1.165) is 75.4 Å². The molecule has 0 spiro atoms. The Hall–Kier alpha value is -2.18. The molecule has 2 aromatic rings. The van der Waals surface area contributed by atoms with Crippen LogP contribution in [0.1, 0.15) is 103 Å². The van der Waals surface area contributed by atoms with E-state index < -0.39 is 0 Å². The van der Waals surface area contributed by atoms with E-state index in [1.165, 1.54) is 73.9 Å². The average molecular weight is 514 g/mol. The quantitative estimate of drug-likeness (QED) is 0.593. The third-order valence-electron chi connectivity index (χ3n) is 11.3. The van der Waals surface area contributed by atoms with Crippen molar-refractivity contribution in [3.05, 3.63) is 52.3 Å². The number of aromatic nitrogens is 2. The zero-order valence-corrected chi connectivity index (χ0v) is 22.8. The molecular formula is C32H43N5O. The Labute approximate surface area is 226 Å². The van der Waals surface area contributed by atoms with E-state index in [-0.39, 0.29) is 5.91 Å². The molecule has 38 heavy (non-hydrogen) atoms. The smallest absolute Gasteiger partial charge is 0.254 e. The fraction of sp³-hybridized carbons (Fsp3) is 0.688. The second-order valence-corrected chi connectivity index (χ2v) is 13.9. The second-order valence-electron chi connectivity index (χ2n) is 13.9. The molecule has 1 aromatic heterocycles. The molecule has 4 heterocycles. The van der Waals surface area contributed by atoms with Gasteiger partial charge in [0.2, 0.25) is 0 Å². The maximum Gasteiger partial charge on any atom is 0.254 e. The van der Waals surface area contributed by atoms with Crippen LogP contribution in [0.5, 0.6) is 0 Å². The van der Waals surface area contributed by atoms with Crippen molar-refractivity contribution in [2.24, 2.45) is 17.8 Å². The van der Waals surface area contributed by atoms with E-state index in [1.54, 1.807) is 0 Å². The van der Waals surface area contributed by atoms with Gasteiger partial charge in [0, 0.05) is 42.3 Å². The summed E-state index contributed by atoms with van der Waals surface area (Å²) < 4.78 is 0. The number of piperidine rings is 2. The van der Waals surface area contributed by atoms with Crippen LogP contribution in [0, 0.1) is 17.8 Å². The molecular weight excluding hydrogens is 470 g/mol. The van der Waals surface area contributed by atoms with Crippen molar-refractivity contribution in [3.63, 3.8) is 0 Å². The number of amides is 1. The summed E-state index contributed by atoms with van der Waals surface area (Å²) in [5.41, 5.74) is 6.69. The van der Waals surface area contributed by atoms with Crippen LogP contribution in [0.4, 0.5) is 0 Å². The molecule has 6 nitrogen and oxygen atoms in total. The Morgan fingerprint density at radius 3 is 2.45 bits per heavy atom. The van der Waals surface area contributed by atoms with Crippen molar-refractivity contribution in [1.82, 2.24) is 25.3 Å². The number of hydrogen-bond acceptors (Lipinski definition) is 4. The number of likely N-dealkylation sites (tertiary alicyclic amines) is 1. The van der Waals surface area contributed by atoms with Crippen molar-refractivity contribution < 1.29 is 4.79 Å². The Bertz CT molecular complexity index is 1170. The maximum absolute atomic E-state index is 13.1. The minimum Gasteiger partial charge on any atom is -0.330 e. The first-order valence-electron chi connectivity index (χ1n) is 15.5. The number of carbonyl (C=O) groups excluding carboxylic acids is 1. The first-order chi connectivity index (χ1) is 18.6. The van der Waals surface area contributed by atoms with Crippen LogP contribution in [-0.4, -0.2) is 58.1 Å².